The minimum absolute atomic E-state index is 0.120. The lowest BCUT2D eigenvalue weighted by Gasteiger charge is -2.08. The van der Waals surface area contributed by atoms with E-state index < -0.39 is 0 Å². The molecule has 0 saturated carbocycles. The number of nitrogens with zero attached hydrogens (tertiary/aromatic N) is 3. The van der Waals surface area contributed by atoms with E-state index in [1.54, 1.807) is 0 Å². The zero-order chi connectivity index (χ0) is 14.7. The lowest BCUT2D eigenvalue weighted by Crippen LogP contribution is -2.09. The van der Waals surface area contributed by atoms with Crippen LogP contribution in [-0.2, 0) is 20.0 Å². The van der Waals surface area contributed by atoms with E-state index in [2.05, 4.69) is 42.0 Å². The van der Waals surface area contributed by atoms with Crippen molar-refractivity contribution in [2.45, 2.75) is 45.7 Å². The monoisotopic (exact) mass is 294 g/mol. The standard InChI is InChI=1S/C15H23ClN4/c1-4-6-12(17)11-7-8-20(9-11)10-14-15(16)13(5-2)18-19(14)3/h7-9,12H,4-6,10,17H2,1-3H3. The van der Waals surface area contributed by atoms with Gasteiger partial charge in [0.25, 0.3) is 0 Å². The second-order valence-corrected chi connectivity index (χ2v) is 5.57. The van der Waals surface area contributed by atoms with E-state index in [-0.39, 0.29) is 6.04 Å². The third-order valence-electron chi connectivity index (χ3n) is 3.64. The largest absolute Gasteiger partial charge is 0.348 e. The van der Waals surface area contributed by atoms with Crippen molar-refractivity contribution in [3.05, 3.63) is 40.4 Å². The van der Waals surface area contributed by atoms with Gasteiger partial charge in [0.1, 0.15) is 0 Å². The maximum Gasteiger partial charge on any atom is 0.0868 e. The second kappa shape index (κ2) is 6.46. The van der Waals surface area contributed by atoms with E-state index >= 15 is 0 Å². The highest BCUT2D eigenvalue weighted by molar-refractivity contribution is 6.31. The molecule has 2 aromatic heterocycles. The fourth-order valence-electron chi connectivity index (χ4n) is 2.42. The van der Waals surface area contributed by atoms with E-state index in [4.69, 9.17) is 17.3 Å². The summed E-state index contributed by atoms with van der Waals surface area (Å²) < 4.78 is 3.99. The first-order valence-electron chi connectivity index (χ1n) is 7.18. The predicted octanol–water partition coefficient (Wildman–Crippen LogP) is 3.29. The Hall–Kier alpha value is -1.26. The quantitative estimate of drug-likeness (QED) is 0.889. The maximum absolute atomic E-state index is 6.38. The first-order valence-corrected chi connectivity index (χ1v) is 7.56. The number of hydrogen-bond donors (Lipinski definition) is 1. The van der Waals surface area contributed by atoms with Crippen molar-refractivity contribution in [2.24, 2.45) is 12.8 Å². The lowest BCUT2D eigenvalue weighted by atomic mass is 10.1. The summed E-state index contributed by atoms with van der Waals surface area (Å²) in [6.07, 6.45) is 7.12. The second-order valence-electron chi connectivity index (χ2n) is 5.20. The lowest BCUT2D eigenvalue weighted by molar-refractivity contribution is 0.631. The van der Waals surface area contributed by atoms with Crippen molar-refractivity contribution in [2.75, 3.05) is 0 Å². The summed E-state index contributed by atoms with van der Waals surface area (Å²) in [5, 5.41) is 5.22. The Morgan fingerprint density at radius 2 is 2.15 bits per heavy atom. The van der Waals surface area contributed by atoms with Gasteiger partial charge in [-0.05, 0) is 24.5 Å². The number of aryl methyl sites for hydroxylation is 2. The molecule has 2 heterocycles. The van der Waals surface area contributed by atoms with Gasteiger partial charge in [-0.2, -0.15) is 5.10 Å². The van der Waals surface area contributed by atoms with Crippen LogP contribution in [0.25, 0.3) is 0 Å². The molecule has 0 aromatic carbocycles. The summed E-state index contributed by atoms with van der Waals surface area (Å²) in [6, 6.07) is 2.21. The smallest absolute Gasteiger partial charge is 0.0868 e. The van der Waals surface area contributed by atoms with Gasteiger partial charge in [-0.3, -0.25) is 4.68 Å². The first kappa shape index (κ1) is 15.1. The summed E-state index contributed by atoms with van der Waals surface area (Å²) in [4.78, 5) is 0. The van der Waals surface area contributed by atoms with Gasteiger partial charge in [-0.15, -0.1) is 0 Å². The molecule has 2 aromatic rings. The van der Waals surface area contributed by atoms with Crippen LogP contribution in [0.5, 0.6) is 0 Å². The van der Waals surface area contributed by atoms with Gasteiger partial charge in [-0.25, -0.2) is 0 Å². The first-order chi connectivity index (χ1) is 9.56. The van der Waals surface area contributed by atoms with E-state index in [1.165, 1.54) is 5.56 Å². The van der Waals surface area contributed by atoms with Crippen LogP contribution in [-0.4, -0.2) is 14.3 Å². The van der Waals surface area contributed by atoms with Gasteiger partial charge < -0.3 is 10.3 Å². The number of rotatable bonds is 6. The molecule has 0 aliphatic heterocycles. The van der Waals surface area contributed by atoms with Crippen molar-refractivity contribution >= 4 is 11.6 Å². The van der Waals surface area contributed by atoms with Gasteiger partial charge in [0.15, 0.2) is 0 Å². The molecule has 4 nitrogen and oxygen atoms in total. The number of hydrogen-bond acceptors (Lipinski definition) is 2. The van der Waals surface area contributed by atoms with Crippen LogP contribution in [0, 0.1) is 0 Å². The molecular formula is C15H23ClN4. The minimum Gasteiger partial charge on any atom is -0.348 e. The highest BCUT2D eigenvalue weighted by Gasteiger charge is 2.14. The summed E-state index contributed by atoms with van der Waals surface area (Å²) in [5.41, 5.74) is 9.32. The molecule has 2 N–H and O–H groups in total. The van der Waals surface area contributed by atoms with E-state index in [9.17, 15) is 0 Å². The van der Waals surface area contributed by atoms with Crippen molar-refractivity contribution < 1.29 is 0 Å². The third kappa shape index (κ3) is 3.07. The minimum atomic E-state index is 0.120. The molecule has 2 rings (SSSR count). The maximum atomic E-state index is 6.38. The van der Waals surface area contributed by atoms with E-state index in [0.29, 0.717) is 0 Å². The van der Waals surface area contributed by atoms with E-state index in [0.717, 1.165) is 42.2 Å². The molecule has 0 saturated heterocycles. The fourth-order valence-corrected chi connectivity index (χ4v) is 2.77. The van der Waals surface area contributed by atoms with Gasteiger partial charge in [0.2, 0.25) is 0 Å². The van der Waals surface area contributed by atoms with Gasteiger partial charge in [0, 0.05) is 25.5 Å². The summed E-state index contributed by atoms with van der Waals surface area (Å²) in [6.45, 7) is 4.94. The van der Waals surface area contributed by atoms with Crippen LogP contribution in [0.3, 0.4) is 0 Å². The molecule has 0 aliphatic carbocycles. The zero-order valence-corrected chi connectivity index (χ0v) is 13.2. The Morgan fingerprint density at radius 3 is 2.75 bits per heavy atom. The van der Waals surface area contributed by atoms with Gasteiger partial charge in [-0.1, -0.05) is 31.9 Å². The summed E-state index contributed by atoms with van der Waals surface area (Å²) in [7, 11) is 1.94. The molecule has 0 aliphatic rings. The number of nitrogens with two attached hydrogens (primary N) is 1. The molecule has 0 radical (unpaired) electrons. The molecule has 1 unspecified atom stereocenters. The molecule has 0 bridgehead atoms. The molecule has 5 heteroatoms. The topological polar surface area (TPSA) is 48.8 Å². The van der Waals surface area contributed by atoms with Crippen LogP contribution in [0.1, 0.15) is 49.7 Å². The Morgan fingerprint density at radius 1 is 1.40 bits per heavy atom. The highest BCUT2D eigenvalue weighted by Crippen LogP contribution is 2.23. The summed E-state index contributed by atoms with van der Waals surface area (Å²) in [5.74, 6) is 0. The Kier molecular flexibility index (Phi) is 4.89. The Labute approximate surface area is 125 Å². The van der Waals surface area contributed by atoms with Crippen LogP contribution < -0.4 is 5.73 Å². The molecule has 0 amide bonds. The van der Waals surface area contributed by atoms with Crippen LogP contribution in [0.15, 0.2) is 18.5 Å². The van der Waals surface area contributed by atoms with Crippen LogP contribution in [0.4, 0.5) is 0 Å². The molecule has 110 valence electrons. The predicted molar refractivity (Wildman–Crippen MR) is 83.0 cm³/mol. The van der Waals surface area contributed by atoms with Crippen molar-refractivity contribution in [3.8, 4) is 0 Å². The highest BCUT2D eigenvalue weighted by atomic mass is 35.5. The molecular weight excluding hydrogens is 272 g/mol. The SMILES string of the molecule is CCCC(N)c1ccn(Cc2c(Cl)c(CC)nn2C)c1. The molecule has 0 fully saturated rings. The zero-order valence-electron chi connectivity index (χ0n) is 12.4. The number of aromatic nitrogens is 3. The van der Waals surface area contributed by atoms with Crippen molar-refractivity contribution in [3.63, 3.8) is 0 Å². The molecule has 20 heavy (non-hydrogen) atoms. The number of halogens is 1. The van der Waals surface area contributed by atoms with Gasteiger partial charge in [0.05, 0.1) is 23.0 Å². The third-order valence-corrected chi connectivity index (χ3v) is 4.07. The van der Waals surface area contributed by atoms with Crippen LogP contribution in [0.2, 0.25) is 5.02 Å². The van der Waals surface area contributed by atoms with Crippen molar-refractivity contribution in [1.29, 1.82) is 0 Å². The Bertz CT molecular complexity index is 570. The normalized spacial score (nSPS) is 12.8. The fraction of sp³-hybridized carbons (Fsp3) is 0.533. The summed E-state index contributed by atoms with van der Waals surface area (Å²) >= 11 is 6.38. The average molecular weight is 295 g/mol. The average Bonchev–Trinajstić information content (AvgIpc) is 2.99. The van der Waals surface area contributed by atoms with Crippen LogP contribution >= 0.6 is 11.6 Å². The van der Waals surface area contributed by atoms with E-state index in [1.807, 2.05) is 11.7 Å². The van der Waals surface area contributed by atoms with Crippen molar-refractivity contribution in [1.82, 2.24) is 14.3 Å². The van der Waals surface area contributed by atoms with Gasteiger partial charge >= 0.3 is 0 Å². The molecule has 0 spiro atoms. The molecule has 1 atom stereocenters. The Balaban J connectivity index is 2.17.